The SMILES string of the molecule is CCCC(=O)Nc1cccc(NC(=O)C2CCCCC2)c1. The van der Waals surface area contributed by atoms with Gasteiger partial charge in [0.05, 0.1) is 0 Å². The molecule has 0 radical (unpaired) electrons. The lowest BCUT2D eigenvalue weighted by Gasteiger charge is -2.20. The predicted molar refractivity (Wildman–Crippen MR) is 85.2 cm³/mol. The van der Waals surface area contributed by atoms with Crippen molar-refractivity contribution in [3.05, 3.63) is 24.3 Å². The monoisotopic (exact) mass is 288 g/mol. The van der Waals surface area contributed by atoms with E-state index in [2.05, 4.69) is 10.6 Å². The summed E-state index contributed by atoms with van der Waals surface area (Å²) in [5.41, 5.74) is 1.48. The minimum Gasteiger partial charge on any atom is -0.326 e. The van der Waals surface area contributed by atoms with Crippen LogP contribution >= 0.6 is 0 Å². The Labute approximate surface area is 126 Å². The zero-order valence-electron chi connectivity index (χ0n) is 12.7. The second-order valence-corrected chi connectivity index (χ2v) is 5.70. The van der Waals surface area contributed by atoms with Gasteiger partial charge in [-0.25, -0.2) is 0 Å². The summed E-state index contributed by atoms with van der Waals surface area (Å²) in [5, 5.41) is 5.81. The summed E-state index contributed by atoms with van der Waals surface area (Å²) < 4.78 is 0. The van der Waals surface area contributed by atoms with Crippen molar-refractivity contribution in [1.82, 2.24) is 0 Å². The van der Waals surface area contributed by atoms with Gasteiger partial charge in [0.1, 0.15) is 0 Å². The molecule has 0 bridgehead atoms. The van der Waals surface area contributed by atoms with Crippen LogP contribution in [0.5, 0.6) is 0 Å². The Bertz CT molecular complexity index is 493. The van der Waals surface area contributed by atoms with Crippen molar-refractivity contribution < 1.29 is 9.59 Å². The van der Waals surface area contributed by atoms with E-state index in [4.69, 9.17) is 0 Å². The van der Waals surface area contributed by atoms with Gasteiger partial charge in [-0.2, -0.15) is 0 Å². The van der Waals surface area contributed by atoms with Gasteiger partial charge >= 0.3 is 0 Å². The molecule has 1 fully saturated rings. The Morgan fingerprint density at radius 1 is 1.10 bits per heavy atom. The third-order valence-corrected chi connectivity index (χ3v) is 3.87. The van der Waals surface area contributed by atoms with Gasteiger partial charge in [-0.3, -0.25) is 9.59 Å². The van der Waals surface area contributed by atoms with Gasteiger partial charge in [-0.1, -0.05) is 32.3 Å². The van der Waals surface area contributed by atoms with E-state index in [1.807, 2.05) is 31.2 Å². The van der Waals surface area contributed by atoms with Crippen LogP contribution in [0, 0.1) is 5.92 Å². The van der Waals surface area contributed by atoms with Gasteiger partial charge < -0.3 is 10.6 Å². The maximum atomic E-state index is 12.2. The molecule has 4 nitrogen and oxygen atoms in total. The quantitative estimate of drug-likeness (QED) is 0.862. The van der Waals surface area contributed by atoms with Crippen molar-refractivity contribution in [1.29, 1.82) is 0 Å². The van der Waals surface area contributed by atoms with Crippen molar-refractivity contribution in [2.24, 2.45) is 5.92 Å². The molecule has 1 aromatic rings. The first-order chi connectivity index (χ1) is 10.2. The molecule has 21 heavy (non-hydrogen) atoms. The fourth-order valence-corrected chi connectivity index (χ4v) is 2.73. The summed E-state index contributed by atoms with van der Waals surface area (Å²) in [6.45, 7) is 1.97. The Balaban J connectivity index is 1.93. The number of rotatable bonds is 5. The van der Waals surface area contributed by atoms with Gasteiger partial charge in [0.2, 0.25) is 11.8 Å². The molecule has 2 rings (SSSR count). The molecule has 0 saturated heterocycles. The lowest BCUT2D eigenvalue weighted by atomic mass is 9.88. The molecule has 0 spiro atoms. The lowest BCUT2D eigenvalue weighted by molar-refractivity contribution is -0.120. The average molecular weight is 288 g/mol. The lowest BCUT2D eigenvalue weighted by Crippen LogP contribution is -2.24. The molecule has 1 aliphatic carbocycles. The summed E-state index contributed by atoms with van der Waals surface area (Å²) >= 11 is 0. The molecule has 4 heteroatoms. The van der Waals surface area contributed by atoms with Crippen LogP contribution in [0.15, 0.2) is 24.3 Å². The predicted octanol–water partition coefficient (Wildman–Crippen LogP) is 3.94. The normalized spacial score (nSPS) is 15.5. The third-order valence-electron chi connectivity index (χ3n) is 3.87. The van der Waals surface area contributed by atoms with E-state index in [0.29, 0.717) is 6.42 Å². The Kier molecular flexibility index (Phi) is 5.78. The number of benzene rings is 1. The molecule has 0 heterocycles. The highest BCUT2D eigenvalue weighted by atomic mass is 16.2. The maximum Gasteiger partial charge on any atom is 0.227 e. The molecule has 0 aromatic heterocycles. The van der Waals surface area contributed by atoms with Crippen LogP contribution in [0.3, 0.4) is 0 Å². The second-order valence-electron chi connectivity index (χ2n) is 5.70. The number of anilines is 2. The molecule has 0 unspecified atom stereocenters. The van der Waals surface area contributed by atoms with E-state index in [0.717, 1.165) is 43.5 Å². The van der Waals surface area contributed by atoms with E-state index in [-0.39, 0.29) is 17.7 Å². The van der Waals surface area contributed by atoms with Crippen LogP contribution < -0.4 is 10.6 Å². The molecule has 0 aliphatic heterocycles. The molecule has 1 saturated carbocycles. The van der Waals surface area contributed by atoms with Crippen LogP contribution in [0.25, 0.3) is 0 Å². The minimum atomic E-state index is 0.00765. The Hall–Kier alpha value is -1.84. The molecule has 114 valence electrons. The molecule has 0 atom stereocenters. The molecule has 2 N–H and O–H groups in total. The van der Waals surface area contributed by atoms with E-state index >= 15 is 0 Å². The molecule has 2 amide bonds. The first-order valence-electron chi connectivity index (χ1n) is 7.90. The fourth-order valence-electron chi connectivity index (χ4n) is 2.73. The standard InChI is InChI=1S/C17H24N2O2/c1-2-7-16(20)18-14-10-6-11-15(12-14)19-17(21)13-8-4-3-5-9-13/h6,10-13H,2-5,7-9H2,1H3,(H,18,20)(H,19,21). The smallest absolute Gasteiger partial charge is 0.227 e. The zero-order valence-corrected chi connectivity index (χ0v) is 12.7. The Morgan fingerprint density at radius 3 is 2.43 bits per heavy atom. The number of carbonyl (C=O) groups is 2. The summed E-state index contributed by atoms with van der Waals surface area (Å²) in [5.74, 6) is 0.247. The average Bonchev–Trinajstić information content (AvgIpc) is 2.48. The highest BCUT2D eigenvalue weighted by molar-refractivity contribution is 5.95. The van der Waals surface area contributed by atoms with Gasteiger partial charge in [-0.05, 0) is 37.5 Å². The zero-order chi connectivity index (χ0) is 15.1. The minimum absolute atomic E-state index is 0.00765. The second kappa shape index (κ2) is 7.81. The molecular formula is C17H24N2O2. The number of nitrogens with one attached hydrogen (secondary N) is 2. The van der Waals surface area contributed by atoms with E-state index < -0.39 is 0 Å². The van der Waals surface area contributed by atoms with Gasteiger partial charge in [0, 0.05) is 23.7 Å². The molecule has 1 aliphatic rings. The van der Waals surface area contributed by atoms with Gasteiger partial charge in [0.25, 0.3) is 0 Å². The largest absolute Gasteiger partial charge is 0.326 e. The first kappa shape index (κ1) is 15.5. The van der Waals surface area contributed by atoms with E-state index in [1.165, 1.54) is 6.42 Å². The van der Waals surface area contributed by atoms with Crippen molar-refractivity contribution >= 4 is 23.2 Å². The summed E-state index contributed by atoms with van der Waals surface area (Å²) in [7, 11) is 0. The van der Waals surface area contributed by atoms with Crippen LogP contribution in [0.2, 0.25) is 0 Å². The van der Waals surface area contributed by atoms with Crippen molar-refractivity contribution in [3.8, 4) is 0 Å². The number of hydrogen-bond donors (Lipinski definition) is 2. The van der Waals surface area contributed by atoms with Crippen molar-refractivity contribution in [2.45, 2.75) is 51.9 Å². The van der Waals surface area contributed by atoms with E-state index in [9.17, 15) is 9.59 Å². The van der Waals surface area contributed by atoms with Gasteiger partial charge in [0.15, 0.2) is 0 Å². The third kappa shape index (κ3) is 4.88. The van der Waals surface area contributed by atoms with Crippen LogP contribution in [-0.4, -0.2) is 11.8 Å². The van der Waals surface area contributed by atoms with Crippen LogP contribution in [-0.2, 0) is 9.59 Å². The van der Waals surface area contributed by atoms with Crippen molar-refractivity contribution in [2.75, 3.05) is 10.6 Å². The summed E-state index contributed by atoms with van der Waals surface area (Å²) in [4.78, 5) is 23.8. The molecule has 1 aromatic carbocycles. The van der Waals surface area contributed by atoms with Crippen molar-refractivity contribution in [3.63, 3.8) is 0 Å². The van der Waals surface area contributed by atoms with Gasteiger partial charge in [-0.15, -0.1) is 0 Å². The number of carbonyl (C=O) groups excluding carboxylic acids is 2. The number of amides is 2. The highest BCUT2D eigenvalue weighted by Crippen LogP contribution is 2.25. The molecular weight excluding hydrogens is 264 g/mol. The summed E-state index contributed by atoms with van der Waals surface area (Å²) in [6.07, 6.45) is 6.83. The van der Waals surface area contributed by atoms with Crippen LogP contribution in [0.1, 0.15) is 51.9 Å². The Morgan fingerprint density at radius 2 is 1.76 bits per heavy atom. The maximum absolute atomic E-state index is 12.2. The van der Waals surface area contributed by atoms with Crippen LogP contribution in [0.4, 0.5) is 11.4 Å². The fraction of sp³-hybridized carbons (Fsp3) is 0.529. The summed E-state index contributed by atoms with van der Waals surface area (Å²) in [6, 6.07) is 7.35. The van der Waals surface area contributed by atoms with E-state index in [1.54, 1.807) is 0 Å². The first-order valence-corrected chi connectivity index (χ1v) is 7.90. The highest BCUT2D eigenvalue weighted by Gasteiger charge is 2.21. The number of hydrogen-bond acceptors (Lipinski definition) is 2. The topological polar surface area (TPSA) is 58.2 Å².